The monoisotopic (exact) mass is 186 g/mol. The zero-order valence-electron chi connectivity index (χ0n) is 8.40. The van der Waals surface area contributed by atoms with Crippen molar-refractivity contribution in [3.63, 3.8) is 0 Å². The van der Waals surface area contributed by atoms with Gasteiger partial charge in [0.25, 0.3) is 0 Å². The molecule has 0 unspecified atom stereocenters. The summed E-state index contributed by atoms with van der Waals surface area (Å²) in [6.07, 6.45) is 2.59. The summed E-state index contributed by atoms with van der Waals surface area (Å²) in [5.74, 6) is 0. The molecule has 1 aromatic rings. The maximum absolute atomic E-state index is 8.80. The molecule has 1 aliphatic rings. The molecular weight excluding hydrogens is 172 g/mol. The Hall–Kier alpha value is -1.49. The average Bonchev–Trinajstić information content (AvgIpc) is 3.04. The van der Waals surface area contributed by atoms with Crippen LogP contribution in [0.25, 0.3) is 0 Å². The van der Waals surface area contributed by atoms with E-state index in [9.17, 15) is 0 Å². The highest BCUT2D eigenvalue weighted by Crippen LogP contribution is 2.31. The van der Waals surface area contributed by atoms with E-state index in [-0.39, 0.29) is 0 Å². The van der Waals surface area contributed by atoms with Gasteiger partial charge >= 0.3 is 0 Å². The van der Waals surface area contributed by atoms with Gasteiger partial charge in [-0.1, -0.05) is 6.07 Å². The van der Waals surface area contributed by atoms with Crippen LogP contribution in [-0.4, -0.2) is 12.6 Å². The Kier molecular flexibility index (Phi) is 2.41. The number of rotatable bonds is 3. The van der Waals surface area contributed by atoms with Gasteiger partial charge in [-0.15, -0.1) is 0 Å². The second-order valence-electron chi connectivity index (χ2n) is 3.68. The summed E-state index contributed by atoms with van der Waals surface area (Å²) in [7, 11) is 0. The first kappa shape index (κ1) is 9.08. The van der Waals surface area contributed by atoms with Gasteiger partial charge in [0.1, 0.15) is 0 Å². The lowest BCUT2D eigenvalue weighted by Crippen LogP contribution is -2.24. The molecule has 0 radical (unpaired) electrons. The fraction of sp³-hybridized carbons (Fsp3) is 0.417. The number of hydrogen-bond donors (Lipinski definition) is 0. The molecule has 0 atom stereocenters. The summed E-state index contributed by atoms with van der Waals surface area (Å²) in [4.78, 5) is 2.38. The van der Waals surface area contributed by atoms with Gasteiger partial charge in [-0.25, -0.2) is 0 Å². The first-order chi connectivity index (χ1) is 6.85. The minimum absolute atomic E-state index is 0.717. The molecule has 2 heteroatoms. The third-order valence-electron chi connectivity index (χ3n) is 2.64. The van der Waals surface area contributed by atoms with Crippen LogP contribution in [0.3, 0.4) is 0 Å². The van der Waals surface area contributed by atoms with Gasteiger partial charge in [0.05, 0.1) is 11.6 Å². The van der Waals surface area contributed by atoms with Gasteiger partial charge in [-0.2, -0.15) is 5.26 Å². The summed E-state index contributed by atoms with van der Waals surface area (Å²) in [5, 5.41) is 8.80. The van der Waals surface area contributed by atoms with Crippen LogP contribution < -0.4 is 4.90 Å². The fourth-order valence-corrected chi connectivity index (χ4v) is 1.79. The Morgan fingerprint density at radius 2 is 2.29 bits per heavy atom. The van der Waals surface area contributed by atoms with Crippen LogP contribution >= 0.6 is 0 Å². The molecule has 1 fully saturated rings. The maximum Gasteiger partial charge on any atom is 0.0992 e. The standard InChI is InChI=1S/C12H14N2/c1-2-14(11-6-7-11)12-5-3-4-10(8-12)9-13/h3-5,8,11H,2,6-7H2,1H3. The Morgan fingerprint density at radius 3 is 2.86 bits per heavy atom. The molecule has 0 spiro atoms. The third-order valence-corrected chi connectivity index (χ3v) is 2.64. The first-order valence-electron chi connectivity index (χ1n) is 5.12. The molecule has 1 saturated carbocycles. The zero-order chi connectivity index (χ0) is 9.97. The number of benzene rings is 1. The minimum atomic E-state index is 0.717. The predicted molar refractivity (Wildman–Crippen MR) is 57.2 cm³/mol. The van der Waals surface area contributed by atoms with Crippen LogP contribution in [0.15, 0.2) is 24.3 Å². The van der Waals surface area contributed by atoms with E-state index in [1.807, 2.05) is 18.2 Å². The van der Waals surface area contributed by atoms with Gasteiger partial charge < -0.3 is 4.90 Å². The molecule has 0 aromatic heterocycles. The van der Waals surface area contributed by atoms with Gasteiger partial charge in [-0.05, 0) is 38.0 Å². The Balaban J connectivity index is 2.25. The molecule has 0 aliphatic heterocycles. The van der Waals surface area contributed by atoms with Crippen molar-refractivity contribution >= 4 is 5.69 Å². The van der Waals surface area contributed by atoms with Crippen molar-refractivity contribution in [3.8, 4) is 6.07 Å². The van der Waals surface area contributed by atoms with Crippen molar-refractivity contribution in [3.05, 3.63) is 29.8 Å². The van der Waals surface area contributed by atoms with Crippen molar-refractivity contribution in [1.29, 1.82) is 5.26 Å². The van der Waals surface area contributed by atoms with Crippen LogP contribution in [0.4, 0.5) is 5.69 Å². The summed E-state index contributed by atoms with van der Waals surface area (Å²) in [5.41, 5.74) is 1.94. The molecular formula is C12H14N2. The second kappa shape index (κ2) is 3.71. The zero-order valence-corrected chi connectivity index (χ0v) is 8.40. The van der Waals surface area contributed by atoms with E-state index in [4.69, 9.17) is 5.26 Å². The van der Waals surface area contributed by atoms with E-state index in [1.165, 1.54) is 18.5 Å². The fourth-order valence-electron chi connectivity index (χ4n) is 1.79. The Morgan fingerprint density at radius 1 is 1.50 bits per heavy atom. The molecule has 72 valence electrons. The molecule has 0 bridgehead atoms. The van der Waals surface area contributed by atoms with Gasteiger partial charge in [0, 0.05) is 18.3 Å². The van der Waals surface area contributed by atoms with Crippen LogP contribution in [0.5, 0.6) is 0 Å². The highest BCUT2D eigenvalue weighted by molar-refractivity contribution is 5.52. The van der Waals surface area contributed by atoms with Crippen molar-refractivity contribution in [2.75, 3.05) is 11.4 Å². The number of hydrogen-bond acceptors (Lipinski definition) is 2. The lowest BCUT2D eigenvalue weighted by molar-refractivity contribution is 0.826. The minimum Gasteiger partial charge on any atom is -0.369 e. The summed E-state index contributed by atoms with van der Waals surface area (Å²) in [6, 6.07) is 10.8. The Labute approximate surface area is 84.8 Å². The molecule has 2 rings (SSSR count). The number of nitriles is 1. The van der Waals surface area contributed by atoms with Crippen LogP contribution in [0.1, 0.15) is 25.3 Å². The van der Waals surface area contributed by atoms with E-state index in [0.29, 0.717) is 6.04 Å². The number of nitrogens with zero attached hydrogens (tertiary/aromatic N) is 2. The topological polar surface area (TPSA) is 27.0 Å². The largest absolute Gasteiger partial charge is 0.369 e. The second-order valence-corrected chi connectivity index (χ2v) is 3.68. The summed E-state index contributed by atoms with van der Waals surface area (Å²) in [6.45, 7) is 3.19. The van der Waals surface area contributed by atoms with Crippen molar-refractivity contribution < 1.29 is 0 Å². The molecule has 0 saturated heterocycles. The van der Waals surface area contributed by atoms with Crippen LogP contribution in [-0.2, 0) is 0 Å². The SMILES string of the molecule is CCN(c1cccc(C#N)c1)C1CC1. The highest BCUT2D eigenvalue weighted by Gasteiger charge is 2.27. The van der Waals surface area contributed by atoms with E-state index >= 15 is 0 Å². The molecule has 2 nitrogen and oxygen atoms in total. The molecule has 0 heterocycles. The molecule has 14 heavy (non-hydrogen) atoms. The summed E-state index contributed by atoms with van der Waals surface area (Å²) >= 11 is 0. The van der Waals surface area contributed by atoms with Crippen LogP contribution in [0.2, 0.25) is 0 Å². The lowest BCUT2D eigenvalue weighted by Gasteiger charge is -2.22. The van der Waals surface area contributed by atoms with Crippen molar-refractivity contribution in [1.82, 2.24) is 0 Å². The van der Waals surface area contributed by atoms with E-state index in [2.05, 4.69) is 24.0 Å². The van der Waals surface area contributed by atoms with Crippen LogP contribution in [0, 0.1) is 11.3 Å². The van der Waals surface area contributed by atoms with Crippen molar-refractivity contribution in [2.24, 2.45) is 0 Å². The molecule has 0 N–H and O–H groups in total. The lowest BCUT2D eigenvalue weighted by atomic mass is 10.2. The van der Waals surface area contributed by atoms with Crippen molar-refractivity contribution in [2.45, 2.75) is 25.8 Å². The van der Waals surface area contributed by atoms with Gasteiger partial charge in [-0.3, -0.25) is 0 Å². The van der Waals surface area contributed by atoms with Gasteiger partial charge in [0.15, 0.2) is 0 Å². The quantitative estimate of drug-likeness (QED) is 0.725. The first-order valence-corrected chi connectivity index (χ1v) is 5.12. The molecule has 1 aliphatic carbocycles. The third kappa shape index (κ3) is 1.72. The number of anilines is 1. The predicted octanol–water partition coefficient (Wildman–Crippen LogP) is 2.55. The van der Waals surface area contributed by atoms with E-state index in [1.54, 1.807) is 0 Å². The molecule has 0 amide bonds. The average molecular weight is 186 g/mol. The van der Waals surface area contributed by atoms with E-state index < -0.39 is 0 Å². The highest BCUT2D eigenvalue weighted by atomic mass is 15.2. The normalized spacial score (nSPS) is 14.9. The van der Waals surface area contributed by atoms with Gasteiger partial charge in [0.2, 0.25) is 0 Å². The summed E-state index contributed by atoms with van der Waals surface area (Å²) < 4.78 is 0. The smallest absolute Gasteiger partial charge is 0.0992 e. The Bertz CT molecular complexity index is 361. The maximum atomic E-state index is 8.80. The molecule has 1 aromatic carbocycles. The van der Waals surface area contributed by atoms with E-state index in [0.717, 1.165) is 12.1 Å².